The first-order valence-electron chi connectivity index (χ1n) is 7.82. The fourth-order valence-electron chi connectivity index (χ4n) is 2.63. The average molecular weight is 349 g/mol. The number of aryl methyl sites for hydroxylation is 2. The van der Waals surface area contributed by atoms with Gasteiger partial charge in [-0.05, 0) is 26.7 Å². The van der Waals surface area contributed by atoms with E-state index in [1.54, 1.807) is 6.92 Å². The molecule has 2 aromatic rings. The Bertz CT molecular complexity index is 881. The van der Waals surface area contributed by atoms with Crippen molar-refractivity contribution >= 4 is 28.2 Å². The van der Waals surface area contributed by atoms with Crippen LogP contribution in [0, 0.1) is 19.8 Å². The van der Waals surface area contributed by atoms with Crippen LogP contribution in [0.5, 0.6) is 0 Å². The minimum Gasteiger partial charge on any atom is -0.481 e. The molecule has 8 heteroatoms. The van der Waals surface area contributed by atoms with Crippen LogP contribution in [0.4, 0.5) is 0 Å². The fourth-order valence-corrected chi connectivity index (χ4v) is 3.56. The van der Waals surface area contributed by atoms with Crippen LogP contribution in [-0.4, -0.2) is 43.9 Å². The highest BCUT2D eigenvalue weighted by molar-refractivity contribution is 7.17. The number of rotatable bonds is 5. The molecule has 128 valence electrons. The van der Waals surface area contributed by atoms with Crippen molar-refractivity contribution in [3.63, 3.8) is 0 Å². The number of carboxylic acids is 1. The van der Waals surface area contributed by atoms with Gasteiger partial charge in [0.2, 0.25) is 0 Å². The van der Waals surface area contributed by atoms with Gasteiger partial charge in [-0.15, -0.1) is 11.3 Å². The van der Waals surface area contributed by atoms with Gasteiger partial charge in [0.1, 0.15) is 5.56 Å². The number of hydrogen-bond acceptors (Lipinski definition) is 5. The summed E-state index contributed by atoms with van der Waals surface area (Å²) >= 11 is 1.40. The molecule has 2 heterocycles. The van der Waals surface area contributed by atoms with Crippen molar-refractivity contribution in [3.05, 3.63) is 32.7 Å². The lowest BCUT2D eigenvalue weighted by molar-refractivity contribution is -0.141. The quantitative estimate of drug-likeness (QED) is 0.887. The Morgan fingerprint density at radius 2 is 2.12 bits per heavy atom. The molecule has 7 nitrogen and oxygen atoms in total. The van der Waals surface area contributed by atoms with Crippen molar-refractivity contribution in [1.29, 1.82) is 0 Å². The molecule has 2 aromatic heterocycles. The van der Waals surface area contributed by atoms with E-state index < -0.39 is 17.8 Å². The van der Waals surface area contributed by atoms with Gasteiger partial charge in [-0.1, -0.05) is 6.92 Å². The molecule has 1 amide bonds. The number of thiazole rings is 1. The number of carbonyl (C=O) groups is 2. The van der Waals surface area contributed by atoms with Gasteiger partial charge in [0.15, 0.2) is 4.96 Å². The maximum Gasteiger partial charge on any atom is 0.308 e. The maximum atomic E-state index is 12.9. The fraction of sp³-hybridized carbons (Fsp3) is 0.500. The average Bonchev–Trinajstić information content (AvgIpc) is 3.31. The van der Waals surface area contributed by atoms with Gasteiger partial charge in [-0.2, -0.15) is 0 Å². The molecule has 1 fully saturated rings. The largest absolute Gasteiger partial charge is 0.481 e. The monoisotopic (exact) mass is 349 g/mol. The third-order valence-electron chi connectivity index (χ3n) is 4.39. The predicted octanol–water partition coefficient (Wildman–Crippen LogP) is 1.70. The summed E-state index contributed by atoms with van der Waals surface area (Å²) in [4.78, 5) is 44.0. The molecule has 3 rings (SSSR count). The topological polar surface area (TPSA) is 92.0 Å². The number of aromatic nitrogens is 2. The first-order valence-corrected chi connectivity index (χ1v) is 8.64. The van der Waals surface area contributed by atoms with Crippen LogP contribution in [-0.2, 0) is 4.79 Å². The Morgan fingerprint density at radius 1 is 1.46 bits per heavy atom. The molecule has 24 heavy (non-hydrogen) atoms. The second-order valence-corrected chi connectivity index (χ2v) is 7.45. The number of aliphatic carboxylic acids is 1. The summed E-state index contributed by atoms with van der Waals surface area (Å²) in [5.74, 6) is -2.07. The molecule has 0 saturated heterocycles. The molecule has 1 saturated carbocycles. The number of amides is 1. The van der Waals surface area contributed by atoms with E-state index in [4.69, 9.17) is 5.11 Å². The van der Waals surface area contributed by atoms with E-state index in [1.807, 2.05) is 13.8 Å². The highest BCUT2D eigenvalue weighted by Gasteiger charge is 2.36. The van der Waals surface area contributed by atoms with Crippen LogP contribution in [0.2, 0.25) is 0 Å². The zero-order chi connectivity index (χ0) is 17.6. The first kappa shape index (κ1) is 16.6. The maximum absolute atomic E-state index is 12.9. The van der Waals surface area contributed by atoms with Crippen molar-refractivity contribution in [3.8, 4) is 0 Å². The zero-order valence-corrected chi connectivity index (χ0v) is 14.6. The lowest BCUT2D eigenvalue weighted by Crippen LogP contribution is -2.41. The van der Waals surface area contributed by atoms with E-state index in [-0.39, 0.29) is 23.7 Å². The third kappa shape index (κ3) is 2.82. The van der Waals surface area contributed by atoms with Gasteiger partial charge in [-0.25, -0.2) is 4.98 Å². The van der Waals surface area contributed by atoms with Crippen LogP contribution in [0.1, 0.15) is 40.7 Å². The van der Waals surface area contributed by atoms with Crippen molar-refractivity contribution < 1.29 is 14.7 Å². The zero-order valence-electron chi connectivity index (χ0n) is 13.8. The van der Waals surface area contributed by atoms with Gasteiger partial charge in [0.25, 0.3) is 11.5 Å². The second-order valence-electron chi connectivity index (χ2n) is 6.27. The number of hydrogen-bond donors (Lipinski definition) is 1. The van der Waals surface area contributed by atoms with Crippen LogP contribution in [0.25, 0.3) is 4.96 Å². The molecule has 0 radical (unpaired) electrons. The molecule has 1 N–H and O–H groups in total. The van der Waals surface area contributed by atoms with Gasteiger partial charge < -0.3 is 10.0 Å². The van der Waals surface area contributed by atoms with E-state index in [0.717, 1.165) is 23.4 Å². The van der Waals surface area contributed by atoms with Gasteiger partial charge >= 0.3 is 5.97 Å². The number of carboxylic acid groups (broad SMARTS) is 1. The molecule has 0 bridgehead atoms. The lowest BCUT2D eigenvalue weighted by atomic mass is 10.1. The van der Waals surface area contributed by atoms with Gasteiger partial charge in [0.05, 0.1) is 5.92 Å². The minimum absolute atomic E-state index is 0.00195. The van der Waals surface area contributed by atoms with E-state index in [0.29, 0.717) is 4.96 Å². The summed E-state index contributed by atoms with van der Waals surface area (Å²) in [6, 6.07) is 0.0182. The van der Waals surface area contributed by atoms with Crippen molar-refractivity contribution in [2.24, 2.45) is 5.92 Å². The third-order valence-corrected chi connectivity index (χ3v) is 5.46. The van der Waals surface area contributed by atoms with Crippen molar-refractivity contribution in [2.45, 2.75) is 39.7 Å². The summed E-state index contributed by atoms with van der Waals surface area (Å²) in [6.45, 7) is 5.39. The molecule has 1 atom stereocenters. The molecule has 1 unspecified atom stereocenters. The predicted molar refractivity (Wildman–Crippen MR) is 89.7 cm³/mol. The normalized spacial score (nSPS) is 15.5. The molecule has 0 spiro atoms. The van der Waals surface area contributed by atoms with E-state index >= 15 is 0 Å². The van der Waals surface area contributed by atoms with Crippen LogP contribution in [0.3, 0.4) is 0 Å². The Morgan fingerprint density at radius 3 is 2.71 bits per heavy atom. The van der Waals surface area contributed by atoms with Crippen LogP contribution >= 0.6 is 11.3 Å². The second kappa shape index (κ2) is 6.01. The number of fused-ring (bicyclic) bond motifs is 1. The molecule has 0 aliphatic heterocycles. The number of carbonyl (C=O) groups excluding carboxylic acids is 1. The molecule has 0 aromatic carbocycles. The standard InChI is InChI=1S/C16H19N3O4S/c1-8(15(22)23)7-18(11-4-5-11)13(20)12-6-17-16-19(14(12)21)9(2)10(3)24-16/h6,8,11H,4-5,7H2,1-3H3,(H,22,23). The lowest BCUT2D eigenvalue weighted by Gasteiger charge is -2.24. The highest BCUT2D eigenvalue weighted by atomic mass is 32.1. The SMILES string of the molecule is Cc1sc2ncc(C(=O)N(CC(C)C(=O)O)C3CC3)c(=O)n2c1C. The Kier molecular flexibility index (Phi) is 4.16. The summed E-state index contributed by atoms with van der Waals surface area (Å²) in [6.07, 6.45) is 2.99. The first-order chi connectivity index (χ1) is 11.3. The van der Waals surface area contributed by atoms with E-state index in [9.17, 15) is 14.4 Å². The molecule has 1 aliphatic carbocycles. The van der Waals surface area contributed by atoms with Crippen molar-refractivity contribution in [2.75, 3.05) is 6.54 Å². The van der Waals surface area contributed by atoms with Gasteiger partial charge in [-0.3, -0.25) is 18.8 Å². The Hall–Kier alpha value is -2.22. The molecular formula is C16H19N3O4S. The van der Waals surface area contributed by atoms with E-state index in [1.165, 1.54) is 26.8 Å². The van der Waals surface area contributed by atoms with Crippen molar-refractivity contribution in [1.82, 2.24) is 14.3 Å². The minimum atomic E-state index is -0.956. The number of nitrogens with zero attached hydrogens (tertiary/aromatic N) is 3. The summed E-state index contributed by atoms with van der Waals surface area (Å²) in [7, 11) is 0. The molecular weight excluding hydrogens is 330 g/mol. The van der Waals surface area contributed by atoms with E-state index in [2.05, 4.69) is 4.98 Å². The summed E-state index contributed by atoms with van der Waals surface area (Å²) < 4.78 is 1.46. The highest BCUT2D eigenvalue weighted by Crippen LogP contribution is 2.29. The Labute approximate surface area is 142 Å². The van der Waals surface area contributed by atoms with Crippen LogP contribution < -0.4 is 5.56 Å². The van der Waals surface area contributed by atoms with Gasteiger partial charge in [0, 0.05) is 29.4 Å². The summed E-state index contributed by atoms with van der Waals surface area (Å²) in [5, 5.41) is 9.11. The smallest absolute Gasteiger partial charge is 0.308 e. The molecule has 1 aliphatic rings. The Balaban J connectivity index is 2.00. The van der Waals surface area contributed by atoms with Crippen LogP contribution in [0.15, 0.2) is 11.0 Å². The summed E-state index contributed by atoms with van der Waals surface area (Å²) in [5.41, 5.74) is 0.386.